The van der Waals surface area contributed by atoms with Gasteiger partial charge in [0.1, 0.15) is 0 Å². The Morgan fingerprint density at radius 1 is 1.43 bits per heavy atom. The second-order valence-corrected chi connectivity index (χ2v) is 6.09. The van der Waals surface area contributed by atoms with Crippen LogP contribution < -0.4 is 5.32 Å². The van der Waals surface area contributed by atoms with Gasteiger partial charge >= 0.3 is 0 Å². The van der Waals surface area contributed by atoms with Gasteiger partial charge in [-0.05, 0) is 49.6 Å². The second kappa shape index (κ2) is 5.79. The minimum absolute atomic E-state index is 0.913. The molecule has 78 valence electrons. The molecule has 1 aliphatic rings. The average molecular weight is 227 g/mol. The molecule has 1 aliphatic heterocycles. The van der Waals surface area contributed by atoms with Crippen LogP contribution in [0.15, 0.2) is 17.5 Å². The van der Waals surface area contributed by atoms with Crippen LogP contribution in [0.2, 0.25) is 0 Å². The molecule has 1 nitrogen and oxygen atoms in total. The summed E-state index contributed by atoms with van der Waals surface area (Å²) in [7, 11) is 0. The molecule has 1 aromatic heterocycles. The zero-order valence-electron chi connectivity index (χ0n) is 8.37. The summed E-state index contributed by atoms with van der Waals surface area (Å²) < 4.78 is 0. The van der Waals surface area contributed by atoms with Crippen LogP contribution in [0.1, 0.15) is 17.7 Å². The van der Waals surface area contributed by atoms with Gasteiger partial charge in [0, 0.05) is 10.1 Å². The Morgan fingerprint density at radius 2 is 2.29 bits per heavy atom. The predicted molar refractivity (Wildman–Crippen MR) is 66.4 cm³/mol. The Morgan fingerprint density at radius 3 is 3.00 bits per heavy atom. The molecule has 0 radical (unpaired) electrons. The number of rotatable bonds is 4. The van der Waals surface area contributed by atoms with Crippen molar-refractivity contribution in [3.05, 3.63) is 22.4 Å². The van der Waals surface area contributed by atoms with Gasteiger partial charge in [0.15, 0.2) is 0 Å². The van der Waals surface area contributed by atoms with Crippen molar-refractivity contribution >= 4 is 23.1 Å². The Balaban J connectivity index is 1.62. The normalized spacial score (nSPS) is 18.6. The topological polar surface area (TPSA) is 12.0 Å². The summed E-state index contributed by atoms with van der Waals surface area (Å²) in [6.45, 7) is 2.44. The third-order valence-electron chi connectivity index (χ3n) is 2.57. The molecule has 1 saturated heterocycles. The van der Waals surface area contributed by atoms with Gasteiger partial charge < -0.3 is 5.32 Å². The lowest BCUT2D eigenvalue weighted by molar-refractivity contribution is 0.531. The van der Waals surface area contributed by atoms with E-state index in [9.17, 15) is 0 Å². The lowest BCUT2D eigenvalue weighted by atomic mass is 10.2. The second-order valence-electron chi connectivity index (χ2n) is 3.65. The molecular weight excluding hydrogens is 210 g/mol. The maximum absolute atomic E-state index is 3.41. The lowest BCUT2D eigenvalue weighted by Crippen LogP contribution is -2.29. The van der Waals surface area contributed by atoms with Crippen molar-refractivity contribution in [2.45, 2.75) is 24.5 Å². The summed E-state index contributed by atoms with van der Waals surface area (Å²) in [5.74, 6) is 1.30. The van der Waals surface area contributed by atoms with Gasteiger partial charge in [0.25, 0.3) is 0 Å². The van der Waals surface area contributed by atoms with Crippen LogP contribution in [-0.2, 0) is 6.42 Å². The number of hydrogen-bond acceptors (Lipinski definition) is 3. The maximum Gasteiger partial charge on any atom is 0.00713 e. The standard InChI is InChI=1S/C11H17NS2/c1-2-10(13-8-1)5-9-14-11-3-6-12-7-4-11/h1-2,8,11-12H,3-7,9H2. The molecule has 0 spiro atoms. The van der Waals surface area contributed by atoms with Crippen LogP contribution in [0.5, 0.6) is 0 Å². The first-order chi connectivity index (χ1) is 6.95. The zero-order chi connectivity index (χ0) is 9.64. The van der Waals surface area contributed by atoms with Gasteiger partial charge in [-0.25, -0.2) is 0 Å². The fourth-order valence-electron chi connectivity index (χ4n) is 1.74. The van der Waals surface area contributed by atoms with Gasteiger partial charge in [0.2, 0.25) is 0 Å². The Bertz CT molecular complexity index is 240. The first-order valence-corrected chi connectivity index (χ1v) is 7.23. The third-order valence-corrected chi connectivity index (χ3v) is 4.89. The lowest BCUT2D eigenvalue weighted by Gasteiger charge is -2.21. The van der Waals surface area contributed by atoms with Crippen LogP contribution in [0.25, 0.3) is 0 Å². The van der Waals surface area contributed by atoms with E-state index in [4.69, 9.17) is 0 Å². The van der Waals surface area contributed by atoms with Gasteiger partial charge in [0.05, 0.1) is 0 Å². The largest absolute Gasteiger partial charge is 0.317 e. The van der Waals surface area contributed by atoms with Crippen molar-refractivity contribution in [2.75, 3.05) is 18.8 Å². The van der Waals surface area contributed by atoms with E-state index in [-0.39, 0.29) is 0 Å². The first kappa shape index (κ1) is 10.5. The van der Waals surface area contributed by atoms with Gasteiger partial charge in [-0.1, -0.05) is 6.07 Å². The molecule has 0 amide bonds. The van der Waals surface area contributed by atoms with E-state index in [1.807, 2.05) is 11.3 Å². The van der Waals surface area contributed by atoms with Crippen LogP contribution >= 0.6 is 23.1 Å². The molecular formula is C11H17NS2. The SMILES string of the molecule is c1csc(CCSC2CCNCC2)c1. The van der Waals surface area contributed by atoms with Crippen LogP contribution in [-0.4, -0.2) is 24.1 Å². The molecule has 1 fully saturated rings. The number of hydrogen-bond donors (Lipinski definition) is 1. The molecule has 0 unspecified atom stereocenters. The number of aryl methyl sites for hydroxylation is 1. The van der Waals surface area contributed by atoms with E-state index >= 15 is 0 Å². The quantitative estimate of drug-likeness (QED) is 0.849. The molecule has 14 heavy (non-hydrogen) atoms. The average Bonchev–Trinajstić information content (AvgIpc) is 2.72. The summed E-state index contributed by atoms with van der Waals surface area (Å²) in [5, 5.41) is 6.49. The van der Waals surface area contributed by atoms with Gasteiger partial charge in [-0.15, -0.1) is 11.3 Å². The minimum Gasteiger partial charge on any atom is -0.317 e. The van der Waals surface area contributed by atoms with E-state index in [1.165, 1.54) is 43.0 Å². The van der Waals surface area contributed by atoms with E-state index < -0.39 is 0 Å². The molecule has 0 atom stereocenters. The highest BCUT2D eigenvalue weighted by atomic mass is 32.2. The fraction of sp³-hybridized carbons (Fsp3) is 0.636. The Hall–Kier alpha value is 0.01000. The third kappa shape index (κ3) is 3.30. The monoisotopic (exact) mass is 227 g/mol. The summed E-state index contributed by atoms with van der Waals surface area (Å²) >= 11 is 4.05. The number of nitrogens with one attached hydrogen (secondary N) is 1. The van der Waals surface area contributed by atoms with Crippen molar-refractivity contribution < 1.29 is 0 Å². The van der Waals surface area contributed by atoms with E-state index in [2.05, 4.69) is 34.6 Å². The molecule has 2 rings (SSSR count). The van der Waals surface area contributed by atoms with E-state index in [1.54, 1.807) is 0 Å². The highest BCUT2D eigenvalue weighted by Crippen LogP contribution is 2.22. The van der Waals surface area contributed by atoms with E-state index in [0.717, 1.165) is 5.25 Å². The molecule has 1 N–H and O–H groups in total. The summed E-state index contributed by atoms with van der Waals surface area (Å²) in [4.78, 5) is 1.53. The predicted octanol–water partition coefficient (Wildman–Crippen LogP) is 2.78. The maximum atomic E-state index is 3.41. The smallest absolute Gasteiger partial charge is 0.00713 e. The molecule has 0 aromatic carbocycles. The molecule has 1 aromatic rings. The van der Waals surface area contributed by atoms with Crippen molar-refractivity contribution in [3.63, 3.8) is 0 Å². The summed E-state index contributed by atoms with van der Waals surface area (Å²) in [6.07, 6.45) is 3.97. The van der Waals surface area contributed by atoms with Crippen molar-refractivity contribution in [3.8, 4) is 0 Å². The Kier molecular flexibility index (Phi) is 4.35. The van der Waals surface area contributed by atoms with Gasteiger partial charge in [-0.2, -0.15) is 11.8 Å². The molecule has 0 bridgehead atoms. The van der Waals surface area contributed by atoms with Gasteiger partial charge in [-0.3, -0.25) is 0 Å². The van der Waals surface area contributed by atoms with E-state index in [0.29, 0.717) is 0 Å². The summed E-state index contributed by atoms with van der Waals surface area (Å²) in [6, 6.07) is 4.39. The van der Waals surface area contributed by atoms with Crippen LogP contribution in [0.3, 0.4) is 0 Å². The molecule has 2 heterocycles. The number of thiophene rings is 1. The first-order valence-electron chi connectivity index (χ1n) is 5.30. The van der Waals surface area contributed by atoms with Crippen molar-refractivity contribution in [1.82, 2.24) is 5.32 Å². The molecule has 0 aliphatic carbocycles. The van der Waals surface area contributed by atoms with Crippen molar-refractivity contribution in [2.24, 2.45) is 0 Å². The summed E-state index contributed by atoms with van der Waals surface area (Å²) in [5.41, 5.74) is 0. The highest BCUT2D eigenvalue weighted by molar-refractivity contribution is 7.99. The Labute approximate surface area is 94.3 Å². The van der Waals surface area contributed by atoms with Crippen LogP contribution in [0, 0.1) is 0 Å². The van der Waals surface area contributed by atoms with Crippen LogP contribution in [0.4, 0.5) is 0 Å². The highest BCUT2D eigenvalue weighted by Gasteiger charge is 2.12. The fourth-order valence-corrected chi connectivity index (χ4v) is 3.82. The molecule has 0 saturated carbocycles. The number of thioether (sulfide) groups is 1. The zero-order valence-corrected chi connectivity index (χ0v) is 10.0. The van der Waals surface area contributed by atoms with Crippen molar-refractivity contribution in [1.29, 1.82) is 0 Å². The number of piperidine rings is 1. The molecule has 3 heteroatoms. The minimum atomic E-state index is 0.913.